The Morgan fingerprint density at radius 3 is 2.70 bits per heavy atom. The maximum atomic E-state index is 13.2. The van der Waals surface area contributed by atoms with Gasteiger partial charge in [0.05, 0.1) is 12.4 Å². The van der Waals surface area contributed by atoms with E-state index in [0.29, 0.717) is 12.0 Å². The molecule has 1 fully saturated rings. The third-order valence-corrected chi connectivity index (χ3v) is 5.65. The quantitative estimate of drug-likeness (QED) is 0.661. The van der Waals surface area contributed by atoms with Crippen LogP contribution in [-0.2, 0) is 5.41 Å². The number of rotatable bonds is 4. The van der Waals surface area contributed by atoms with E-state index in [0.717, 1.165) is 37.6 Å². The maximum absolute atomic E-state index is 13.2. The lowest BCUT2D eigenvalue weighted by atomic mass is 9.84. The van der Waals surface area contributed by atoms with Crippen LogP contribution in [-0.4, -0.2) is 47.1 Å². The van der Waals surface area contributed by atoms with Gasteiger partial charge in [-0.2, -0.15) is 0 Å². The summed E-state index contributed by atoms with van der Waals surface area (Å²) in [5, 5.41) is 3.53. The number of likely N-dealkylation sites (tertiary alicyclic amines) is 1. The predicted octanol–water partition coefficient (Wildman–Crippen LogP) is 3.46. The smallest absolute Gasteiger partial charge is 0.193 e. The van der Waals surface area contributed by atoms with Crippen molar-refractivity contribution in [2.24, 2.45) is 10.9 Å². The molecule has 2 unspecified atom stereocenters. The molecule has 27 heavy (non-hydrogen) atoms. The van der Waals surface area contributed by atoms with Crippen molar-refractivity contribution in [1.29, 1.82) is 0 Å². The molecule has 1 aromatic carbocycles. The molecule has 0 spiro atoms. The molecule has 0 amide bonds. The summed E-state index contributed by atoms with van der Waals surface area (Å²) in [5.74, 6) is 1.32. The summed E-state index contributed by atoms with van der Waals surface area (Å²) in [6, 6.07) is 7.15. The number of nitrogens with zero attached hydrogens (tertiary/aromatic N) is 4. The minimum absolute atomic E-state index is 0.129. The summed E-state index contributed by atoms with van der Waals surface area (Å²) in [7, 11) is 1.83. The Balaban J connectivity index is 1.65. The lowest BCUT2D eigenvalue weighted by Gasteiger charge is -2.40. The van der Waals surface area contributed by atoms with Crippen LogP contribution in [0, 0.1) is 11.7 Å². The molecular weight excluding hydrogens is 341 g/mol. The fourth-order valence-corrected chi connectivity index (χ4v) is 3.73. The molecule has 1 aliphatic rings. The Labute approximate surface area is 161 Å². The van der Waals surface area contributed by atoms with E-state index in [1.807, 2.05) is 37.9 Å². The molecule has 0 radical (unpaired) electrons. The number of hydrogen-bond donors (Lipinski definition) is 1. The summed E-state index contributed by atoms with van der Waals surface area (Å²) in [4.78, 5) is 11.0. The monoisotopic (exact) mass is 371 g/mol. The first-order chi connectivity index (χ1) is 12.9. The van der Waals surface area contributed by atoms with Gasteiger partial charge >= 0.3 is 0 Å². The molecule has 2 atom stereocenters. The SMILES string of the molecule is CN=C(NCC(C)(C)c1ccc(F)cc1)N1CCC(C)C(n2ccnc2)C1. The molecule has 146 valence electrons. The van der Waals surface area contributed by atoms with Gasteiger partial charge in [0, 0.05) is 44.5 Å². The van der Waals surface area contributed by atoms with E-state index in [1.165, 1.54) is 12.1 Å². The Morgan fingerprint density at radius 2 is 2.07 bits per heavy atom. The molecular formula is C21H30FN5. The van der Waals surface area contributed by atoms with Crippen LogP contribution in [0.25, 0.3) is 0 Å². The van der Waals surface area contributed by atoms with Crippen molar-refractivity contribution in [3.05, 3.63) is 54.4 Å². The molecule has 1 aromatic heterocycles. The summed E-state index contributed by atoms with van der Waals surface area (Å²) >= 11 is 0. The molecule has 0 bridgehead atoms. The van der Waals surface area contributed by atoms with Crippen LogP contribution in [0.4, 0.5) is 4.39 Å². The van der Waals surface area contributed by atoms with Gasteiger partial charge in [-0.15, -0.1) is 0 Å². The molecule has 3 rings (SSSR count). The number of nitrogens with one attached hydrogen (secondary N) is 1. The maximum Gasteiger partial charge on any atom is 0.193 e. The second-order valence-electron chi connectivity index (χ2n) is 8.08. The van der Waals surface area contributed by atoms with E-state index >= 15 is 0 Å². The number of aliphatic imine (C=N–C) groups is 1. The summed E-state index contributed by atoms with van der Waals surface area (Å²) in [5.41, 5.74) is 0.978. The number of guanidine groups is 1. The summed E-state index contributed by atoms with van der Waals surface area (Å²) < 4.78 is 15.4. The molecule has 1 saturated heterocycles. The highest BCUT2D eigenvalue weighted by Crippen LogP contribution is 2.28. The minimum atomic E-state index is -0.203. The molecule has 2 aromatic rings. The Bertz CT molecular complexity index is 751. The van der Waals surface area contributed by atoms with Gasteiger partial charge < -0.3 is 14.8 Å². The first-order valence-corrected chi connectivity index (χ1v) is 9.60. The molecule has 0 saturated carbocycles. The zero-order valence-corrected chi connectivity index (χ0v) is 16.7. The van der Waals surface area contributed by atoms with Crippen LogP contribution in [0.15, 0.2) is 48.0 Å². The van der Waals surface area contributed by atoms with Gasteiger partial charge in [0.2, 0.25) is 0 Å². The summed E-state index contributed by atoms with van der Waals surface area (Å²) in [6.07, 6.45) is 6.89. The normalized spacial score (nSPS) is 21.4. The first-order valence-electron chi connectivity index (χ1n) is 9.60. The van der Waals surface area contributed by atoms with Gasteiger partial charge in [-0.25, -0.2) is 9.37 Å². The van der Waals surface area contributed by atoms with Gasteiger partial charge in [0.25, 0.3) is 0 Å². The van der Waals surface area contributed by atoms with Gasteiger partial charge in [0.1, 0.15) is 5.82 Å². The standard InChI is InChI=1S/C21H30FN5/c1-16-9-11-26(13-19(16)27-12-10-24-15-27)20(23-4)25-14-21(2,3)17-5-7-18(22)8-6-17/h5-8,10,12,15-16,19H,9,11,13-14H2,1-4H3,(H,23,25). The van der Waals surface area contributed by atoms with Crippen LogP contribution in [0.1, 0.15) is 38.8 Å². The largest absolute Gasteiger partial charge is 0.355 e. The van der Waals surface area contributed by atoms with Gasteiger partial charge in [-0.1, -0.05) is 32.9 Å². The lowest BCUT2D eigenvalue weighted by Crippen LogP contribution is -2.51. The van der Waals surface area contributed by atoms with E-state index in [4.69, 9.17) is 0 Å². The van der Waals surface area contributed by atoms with Gasteiger partial charge in [0.15, 0.2) is 5.96 Å². The number of benzene rings is 1. The van der Waals surface area contributed by atoms with Crippen molar-refractivity contribution >= 4 is 5.96 Å². The number of hydrogen-bond acceptors (Lipinski definition) is 2. The molecule has 2 heterocycles. The highest BCUT2D eigenvalue weighted by Gasteiger charge is 2.30. The Morgan fingerprint density at radius 1 is 1.33 bits per heavy atom. The second kappa shape index (κ2) is 8.11. The number of halogens is 1. The van der Waals surface area contributed by atoms with Gasteiger partial charge in [-0.3, -0.25) is 4.99 Å². The lowest BCUT2D eigenvalue weighted by molar-refractivity contribution is 0.188. The van der Waals surface area contributed by atoms with Crippen LogP contribution in [0.3, 0.4) is 0 Å². The summed E-state index contributed by atoms with van der Waals surface area (Å²) in [6.45, 7) is 9.25. The zero-order chi connectivity index (χ0) is 19.4. The van der Waals surface area contributed by atoms with E-state index in [-0.39, 0.29) is 11.2 Å². The van der Waals surface area contributed by atoms with Crippen LogP contribution >= 0.6 is 0 Å². The Hall–Kier alpha value is -2.37. The fourth-order valence-electron chi connectivity index (χ4n) is 3.73. The number of aromatic nitrogens is 2. The van der Waals surface area contributed by atoms with Crippen LogP contribution in [0.2, 0.25) is 0 Å². The molecule has 0 aliphatic carbocycles. The van der Waals surface area contributed by atoms with Crippen molar-refractivity contribution in [3.63, 3.8) is 0 Å². The first kappa shape index (κ1) is 19.4. The van der Waals surface area contributed by atoms with Crippen LogP contribution < -0.4 is 5.32 Å². The molecule has 1 N–H and O–H groups in total. The third-order valence-electron chi connectivity index (χ3n) is 5.65. The molecule has 5 nitrogen and oxygen atoms in total. The third kappa shape index (κ3) is 4.49. The fraction of sp³-hybridized carbons (Fsp3) is 0.524. The molecule has 1 aliphatic heterocycles. The molecule has 6 heteroatoms. The average Bonchev–Trinajstić information content (AvgIpc) is 3.18. The average molecular weight is 372 g/mol. The number of imidazole rings is 1. The highest BCUT2D eigenvalue weighted by atomic mass is 19.1. The van der Waals surface area contributed by atoms with E-state index < -0.39 is 0 Å². The van der Waals surface area contributed by atoms with E-state index in [1.54, 1.807) is 0 Å². The van der Waals surface area contributed by atoms with Crippen LogP contribution in [0.5, 0.6) is 0 Å². The van der Waals surface area contributed by atoms with Crippen molar-refractivity contribution < 1.29 is 4.39 Å². The zero-order valence-electron chi connectivity index (χ0n) is 16.7. The topological polar surface area (TPSA) is 45.5 Å². The Kier molecular flexibility index (Phi) is 5.82. The minimum Gasteiger partial charge on any atom is -0.355 e. The van der Waals surface area contributed by atoms with Crippen molar-refractivity contribution in [2.75, 3.05) is 26.7 Å². The second-order valence-corrected chi connectivity index (χ2v) is 8.08. The van der Waals surface area contributed by atoms with Crippen molar-refractivity contribution in [3.8, 4) is 0 Å². The predicted molar refractivity (Wildman–Crippen MR) is 107 cm³/mol. The highest BCUT2D eigenvalue weighted by molar-refractivity contribution is 5.80. The van der Waals surface area contributed by atoms with E-state index in [2.05, 4.69) is 45.5 Å². The van der Waals surface area contributed by atoms with Gasteiger partial charge in [-0.05, 0) is 30.0 Å². The van der Waals surface area contributed by atoms with E-state index in [9.17, 15) is 4.39 Å². The van der Waals surface area contributed by atoms with Crippen molar-refractivity contribution in [1.82, 2.24) is 19.8 Å². The van der Waals surface area contributed by atoms with Crippen molar-refractivity contribution in [2.45, 2.75) is 38.6 Å². The number of piperidine rings is 1.